The van der Waals surface area contributed by atoms with Gasteiger partial charge in [-0.05, 0) is 30.0 Å². The first-order chi connectivity index (χ1) is 5.81. The summed E-state index contributed by atoms with van der Waals surface area (Å²) in [4.78, 5) is 0. The van der Waals surface area contributed by atoms with Gasteiger partial charge in [-0.25, -0.2) is 0 Å². The summed E-state index contributed by atoms with van der Waals surface area (Å²) in [6, 6.07) is 0. The maximum absolute atomic E-state index is 5.21. The number of thiocarbonyl (C=S) groups is 1. The van der Waals surface area contributed by atoms with Crippen molar-refractivity contribution in [2.24, 2.45) is 22.2 Å². The van der Waals surface area contributed by atoms with Gasteiger partial charge in [-0.15, -0.1) is 0 Å². The predicted octanol–water partition coefficient (Wildman–Crippen LogP) is 1.88. The third kappa shape index (κ3) is 9.27. The molecule has 1 atom stereocenters. The number of rotatable bonds is 3. The Morgan fingerprint density at radius 3 is 2.54 bits per heavy atom. The Bertz CT molecular complexity index is 194. The highest BCUT2D eigenvalue weighted by Crippen LogP contribution is 2.22. The third-order valence-electron chi connectivity index (χ3n) is 1.44. The van der Waals surface area contributed by atoms with Crippen LogP contribution in [0, 0.1) is 11.3 Å². The summed E-state index contributed by atoms with van der Waals surface area (Å²) < 4.78 is 0. The summed E-state index contributed by atoms with van der Waals surface area (Å²) in [5, 5.41) is 4.12. The van der Waals surface area contributed by atoms with Crippen LogP contribution >= 0.6 is 12.2 Å². The fraction of sp³-hybridized carbons (Fsp3) is 0.778. The SMILES string of the molecule is CC(C=NNC(N)=S)CC(C)(C)C. The summed E-state index contributed by atoms with van der Waals surface area (Å²) >= 11 is 4.61. The summed E-state index contributed by atoms with van der Waals surface area (Å²) in [7, 11) is 0. The largest absolute Gasteiger partial charge is 0.375 e. The highest BCUT2D eigenvalue weighted by atomic mass is 32.1. The molecule has 0 saturated heterocycles. The molecule has 0 amide bonds. The van der Waals surface area contributed by atoms with E-state index in [9.17, 15) is 0 Å². The maximum atomic E-state index is 5.21. The summed E-state index contributed by atoms with van der Waals surface area (Å²) in [6.45, 7) is 8.74. The van der Waals surface area contributed by atoms with Gasteiger partial charge in [0.25, 0.3) is 0 Å². The van der Waals surface area contributed by atoms with Gasteiger partial charge in [-0.1, -0.05) is 27.7 Å². The second-order valence-electron chi connectivity index (χ2n) is 4.50. The van der Waals surface area contributed by atoms with Gasteiger partial charge in [0.05, 0.1) is 0 Å². The van der Waals surface area contributed by atoms with Crippen molar-refractivity contribution in [2.45, 2.75) is 34.1 Å². The Balaban J connectivity index is 3.80. The first kappa shape index (κ1) is 12.4. The second kappa shape index (κ2) is 5.17. The molecule has 4 heteroatoms. The molecular formula is C9H19N3S. The normalized spacial score (nSPS) is 14.5. The van der Waals surface area contributed by atoms with Crippen molar-refractivity contribution >= 4 is 23.5 Å². The molecule has 13 heavy (non-hydrogen) atoms. The smallest absolute Gasteiger partial charge is 0.184 e. The summed E-state index contributed by atoms with van der Waals surface area (Å²) in [5.74, 6) is 0.432. The highest BCUT2D eigenvalue weighted by Gasteiger charge is 2.13. The number of nitrogens with zero attached hydrogens (tertiary/aromatic N) is 1. The minimum absolute atomic E-state index is 0.208. The number of nitrogens with one attached hydrogen (secondary N) is 1. The molecule has 0 heterocycles. The van der Waals surface area contributed by atoms with E-state index < -0.39 is 0 Å². The number of hydrogen-bond donors (Lipinski definition) is 2. The van der Waals surface area contributed by atoms with E-state index in [1.54, 1.807) is 0 Å². The Morgan fingerprint density at radius 1 is 1.62 bits per heavy atom. The molecule has 0 fully saturated rings. The fourth-order valence-electron chi connectivity index (χ4n) is 1.25. The van der Waals surface area contributed by atoms with E-state index in [2.05, 4.69) is 50.4 Å². The van der Waals surface area contributed by atoms with Crippen molar-refractivity contribution in [1.82, 2.24) is 5.43 Å². The van der Waals surface area contributed by atoms with Crippen LogP contribution in [0.15, 0.2) is 5.10 Å². The average Bonchev–Trinajstić information content (AvgIpc) is 1.81. The number of hydrogen-bond acceptors (Lipinski definition) is 2. The van der Waals surface area contributed by atoms with Gasteiger partial charge in [0.2, 0.25) is 0 Å². The van der Waals surface area contributed by atoms with E-state index in [0.717, 1.165) is 6.42 Å². The van der Waals surface area contributed by atoms with Gasteiger partial charge in [0.15, 0.2) is 5.11 Å². The zero-order chi connectivity index (χ0) is 10.5. The van der Waals surface area contributed by atoms with Crippen molar-refractivity contribution in [2.75, 3.05) is 0 Å². The monoisotopic (exact) mass is 201 g/mol. The Labute approximate surface area is 85.8 Å². The van der Waals surface area contributed by atoms with E-state index in [4.69, 9.17) is 5.73 Å². The van der Waals surface area contributed by atoms with Gasteiger partial charge in [-0.2, -0.15) is 5.10 Å². The van der Waals surface area contributed by atoms with Gasteiger partial charge in [0, 0.05) is 6.21 Å². The molecule has 76 valence electrons. The van der Waals surface area contributed by atoms with Crippen LogP contribution in [0.3, 0.4) is 0 Å². The van der Waals surface area contributed by atoms with Crippen LogP contribution in [0.5, 0.6) is 0 Å². The van der Waals surface area contributed by atoms with Gasteiger partial charge >= 0.3 is 0 Å². The standard InChI is InChI=1S/C9H19N3S/c1-7(5-9(2,3)4)6-11-12-8(10)13/h6-7H,5H2,1-4H3,(H3,10,12,13). The molecule has 1 unspecified atom stereocenters. The summed E-state index contributed by atoms with van der Waals surface area (Å²) in [6.07, 6.45) is 2.93. The predicted molar refractivity (Wildman–Crippen MR) is 61.6 cm³/mol. The van der Waals surface area contributed by atoms with Gasteiger partial charge in [-0.3, -0.25) is 5.43 Å². The molecule has 0 aliphatic carbocycles. The second-order valence-corrected chi connectivity index (χ2v) is 4.94. The van der Waals surface area contributed by atoms with E-state index in [1.165, 1.54) is 0 Å². The fourth-order valence-corrected chi connectivity index (χ4v) is 1.30. The molecule has 0 radical (unpaired) electrons. The minimum atomic E-state index is 0.208. The molecule has 0 spiro atoms. The molecule has 0 aliphatic heterocycles. The lowest BCUT2D eigenvalue weighted by Crippen LogP contribution is -2.24. The van der Waals surface area contributed by atoms with Crippen LogP contribution in [-0.4, -0.2) is 11.3 Å². The van der Waals surface area contributed by atoms with Crippen molar-refractivity contribution < 1.29 is 0 Å². The quantitative estimate of drug-likeness (QED) is 0.416. The molecule has 0 aromatic heterocycles. The molecule has 0 bridgehead atoms. The van der Waals surface area contributed by atoms with E-state index in [1.807, 2.05) is 6.21 Å². The van der Waals surface area contributed by atoms with Crippen molar-refractivity contribution in [3.05, 3.63) is 0 Å². The number of hydrazone groups is 1. The molecule has 0 aromatic rings. The first-order valence-electron chi connectivity index (χ1n) is 4.40. The zero-order valence-corrected chi connectivity index (χ0v) is 9.61. The Morgan fingerprint density at radius 2 is 2.15 bits per heavy atom. The maximum Gasteiger partial charge on any atom is 0.184 e. The molecule has 3 N–H and O–H groups in total. The number of nitrogens with two attached hydrogens (primary N) is 1. The molecule has 0 aliphatic rings. The van der Waals surface area contributed by atoms with Crippen LogP contribution in [-0.2, 0) is 0 Å². The molecular weight excluding hydrogens is 182 g/mol. The van der Waals surface area contributed by atoms with Crippen molar-refractivity contribution in [3.63, 3.8) is 0 Å². The van der Waals surface area contributed by atoms with Crippen LogP contribution in [0.1, 0.15) is 34.1 Å². The lowest BCUT2D eigenvalue weighted by atomic mass is 9.86. The molecule has 0 aromatic carbocycles. The average molecular weight is 201 g/mol. The highest BCUT2D eigenvalue weighted by molar-refractivity contribution is 7.80. The lowest BCUT2D eigenvalue weighted by molar-refractivity contribution is 0.348. The van der Waals surface area contributed by atoms with Crippen molar-refractivity contribution in [1.29, 1.82) is 0 Å². The van der Waals surface area contributed by atoms with E-state index in [-0.39, 0.29) is 5.11 Å². The van der Waals surface area contributed by atoms with Crippen LogP contribution in [0.25, 0.3) is 0 Å². The Kier molecular flexibility index (Phi) is 4.91. The first-order valence-corrected chi connectivity index (χ1v) is 4.81. The summed E-state index contributed by atoms with van der Waals surface area (Å²) in [5.41, 5.74) is 8.08. The molecule has 3 nitrogen and oxygen atoms in total. The van der Waals surface area contributed by atoms with E-state index >= 15 is 0 Å². The topological polar surface area (TPSA) is 50.4 Å². The van der Waals surface area contributed by atoms with Gasteiger partial charge in [0.1, 0.15) is 0 Å². The molecule has 0 saturated carbocycles. The Hall–Kier alpha value is -0.640. The van der Waals surface area contributed by atoms with Crippen molar-refractivity contribution in [3.8, 4) is 0 Å². The van der Waals surface area contributed by atoms with Crippen LogP contribution in [0.4, 0.5) is 0 Å². The zero-order valence-electron chi connectivity index (χ0n) is 8.79. The van der Waals surface area contributed by atoms with Crippen LogP contribution in [0.2, 0.25) is 0 Å². The third-order valence-corrected chi connectivity index (χ3v) is 1.53. The molecule has 0 rings (SSSR count). The van der Waals surface area contributed by atoms with Crippen LogP contribution < -0.4 is 11.2 Å². The van der Waals surface area contributed by atoms with E-state index in [0.29, 0.717) is 11.3 Å². The lowest BCUT2D eigenvalue weighted by Gasteiger charge is -2.20. The van der Waals surface area contributed by atoms with Gasteiger partial charge < -0.3 is 5.73 Å². The minimum Gasteiger partial charge on any atom is -0.375 e.